The molecule has 0 aromatic heterocycles. The van der Waals surface area contributed by atoms with E-state index < -0.39 is 0 Å². The lowest BCUT2D eigenvalue weighted by Gasteiger charge is -2.42. The number of hydrogen-bond donors (Lipinski definition) is 0. The minimum absolute atomic E-state index is 0.852. The standard InChI is InChI=1S/C19H28/c1-2-6-15-9-10-19-14-18(12-11-17(19)13-15)16-7-4-3-5-8-16/h3-5,7-8,15,17-19H,2,6,9-14H2,1H3/t15-,17-,18+,19+/m0/s1. The summed E-state index contributed by atoms with van der Waals surface area (Å²) in [5.41, 5.74) is 1.59. The molecule has 19 heavy (non-hydrogen) atoms. The van der Waals surface area contributed by atoms with Crippen LogP contribution in [0.3, 0.4) is 0 Å². The van der Waals surface area contributed by atoms with Crippen LogP contribution in [-0.4, -0.2) is 0 Å². The molecule has 0 radical (unpaired) electrons. The molecule has 2 aliphatic rings. The van der Waals surface area contributed by atoms with E-state index in [1.807, 2.05) is 0 Å². The highest BCUT2D eigenvalue weighted by Gasteiger charge is 2.35. The molecule has 0 saturated heterocycles. The second-order valence-electron chi connectivity index (χ2n) is 6.91. The molecule has 1 aromatic rings. The first-order valence-electron chi connectivity index (χ1n) is 8.41. The van der Waals surface area contributed by atoms with Gasteiger partial charge in [-0.1, -0.05) is 56.5 Å². The first-order valence-corrected chi connectivity index (χ1v) is 8.41. The zero-order chi connectivity index (χ0) is 13.1. The highest BCUT2D eigenvalue weighted by Crippen LogP contribution is 2.48. The van der Waals surface area contributed by atoms with Crippen molar-refractivity contribution in [2.24, 2.45) is 17.8 Å². The van der Waals surface area contributed by atoms with Gasteiger partial charge in [0.05, 0.1) is 0 Å². The van der Waals surface area contributed by atoms with Gasteiger partial charge in [-0.2, -0.15) is 0 Å². The summed E-state index contributed by atoms with van der Waals surface area (Å²) in [6, 6.07) is 11.2. The van der Waals surface area contributed by atoms with Crippen LogP contribution in [0, 0.1) is 17.8 Å². The largest absolute Gasteiger partial charge is 0.0654 e. The smallest absolute Gasteiger partial charge is 0.0159 e. The van der Waals surface area contributed by atoms with E-state index in [4.69, 9.17) is 0 Å². The number of hydrogen-bond acceptors (Lipinski definition) is 0. The van der Waals surface area contributed by atoms with Crippen molar-refractivity contribution in [3.8, 4) is 0 Å². The van der Waals surface area contributed by atoms with Gasteiger partial charge in [0.1, 0.15) is 0 Å². The Hall–Kier alpha value is -0.780. The highest BCUT2D eigenvalue weighted by molar-refractivity contribution is 5.20. The summed E-state index contributed by atoms with van der Waals surface area (Å²) < 4.78 is 0. The van der Waals surface area contributed by atoms with E-state index in [1.54, 1.807) is 12.0 Å². The van der Waals surface area contributed by atoms with Crippen LogP contribution in [0.15, 0.2) is 30.3 Å². The van der Waals surface area contributed by atoms with Gasteiger partial charge in [0, 0.05) is 0 Å². The molecule has 0 spiro atoms. The van der Waals surface area contributed by atoms with Crippen molar-refractivity contribution in [1.82, 2.24) is 0 Å². The van der Waals surface area contributed by atoms with Crippen molar-refractivity contribution in [3.05, 3.63) is 35.9 Å². The van der Waals surface area contributed by atoms with Crippen molar-refractivity contribution in [1.29, 1.82) is 0 Å². The van der Waals surface area contributed by atoms with Gasteiger partial charge in [0.25, 0.3) is 0 Å². The molecule has 0 heterocycles. The molecule has 3 rings (SSSR count). The Morgan fingerprint density at radius 3 is 2.42 bits per heavy atom. The van der Waals surface area contributed by atoms with Crippen LogP contribution in [0.5, 0.6) is 0 Å². The van der Waals surface area contributed by atoms with Crippen molar-refractivity contribution < 1.29 is 0 Å². The fraction of sp³-hybridized carbons (Fsp3) is 0.684. The average Bonchev–Trinajstić information content (AvgIpc) is 2.48. The third-order valence-corrected chi connectivity index (χ3v) is 5.69. The molecule has 2 aliphatic carbocycles. The fourth-order valence-corrected chi connectivity index (χ4v) is 4.68. The maximum absolute atomic E-state index is 2.35. The van der Waals surface area contributed by atoms with Gasteiger partial charge < -0.3 is 0 Å². The van der Waals surface area contributed by atoms with E-state index in [1.165, 1.54) is 44.9 Å². The van der Waals surface area contributed by atoms with E-state index in [-0.39, 0.29) is 0 Å². The fourth-order valence-electron chi connectivity index (χ4n) is 4.68. The quantitative estimate of drug-likeness (QED) is 0.642. The van der Waals surface area contributed by atoms with Gasteiger partial charge in [-0.05, 0) is 61.3 Å². The second-order valence-corrected chi connectivity index (χ2v) is 6.91. The molecule has 104 valence electrons. The lowest BCUT2D eigenvalue weighted by atomic mass is 9.63. The molecule has 0 aliphatic heterocycles. The number of rotatable bonds is 3. The van der Waals surface area contributed by atoms with Gasteiger partial charge in [-0.3, -0.25) is 0 Å². The van der Waals surface area contributed by atoms with Crippen LogP contribution in [-0.2, 0) is 0 Å². The third kappa shape index (κ3) is 3.04. The molecule has 0 nitrogen and oxygen atoms in total. The Balaban J connectivity index is 1.60. The first-order chi connectivity index (χ1) is 9.36. The Morgan fingerprint density at radius 2 is 1.63 bits per heavy atom. The van der Waals surface area contributed by atoms with Crippen LogP contribution in [0.4, 0.5) is 0 Å². The molecule has 2 fully saturated rings. The Bertz CT molecular complexity index is 380. The zero-order valence-corrected chi connectivity index (χ0v) is 12.4. The second kappa shape index (κ2) is 6.11. The van der Waals surface area contributed by atoms with E-state index in [0.29, 0.717) is 0 Å². The Morgan fingerprint density at radius 1 is 0.895 bits per heavy atom. The van der Waals surface area contributed by atoms with E-state index in [2.05, 4.69) is 37.3 Å². The van der Waals surface area contributed by atoms with Crippen molar-refractivity contribution in [3.63, 3.8) is 0 Å². The van der Waals surface area contributed by atoms with Gasteiger partial charge in [0.2, 0.25) is 0 Å². The van der Waals surface area contributed by atoms with Crippen LogP contribution in [0.2, 0.25) is 0 Å². The lowest BCUT2D eigenvalue weighted by Crippen LogP contribution is -2.30. The summed E-state index contributed by atoms with van der Waals surface area (Å²) in [6.45, 7) is 2.35. The van der Waals surface area contributed by atoms with Crippen LogP contribution in [0.1, 0.15) is 69.8 Å². The molecule has 0 unspecified atom stereocenters. The van der Waals surface area contributed by atoms with E-state index in [9.17, 15) is 0 Å². The number of fused-ring (bicyclic) bond motifs is 1. The Kier molecular flexibility index (Phi) is 4.25. The monoisotopic (exact) mass is 256 g/mol. The van der Waals surface area contributed by atoms with Crippen LogP contribution in [0.25, 0.3) is 0 Å². The van der Waals surface area contributed by atoms with Gasteiger partial charge in [0.15, 0.2) is 0 Å². The van der Waals surface area contributed by atoms with Crippen LogP contribution < -0.4 is 0 Å². The molecule has 2 saturated carbocycles. The summed E-state index contributed by atoms with van der Waals surface area (Å²) in [4.78, 5) is 0. The van der Waals surface area contributed by atoms with Gasteiger partial charge >= 0.3 is 0 Å². The molecule has 4 atom stereocenters. The minimum Gasteiger partial charge on any atom is -0.0654 e. The topological polar surface area (TPSA) is 0 Å². The summed E-state index contributed by atoms with van der Waals surface area (Å²) in [7, 11) is 0. The molecule has 0 amide bonds. The van der Waals surface area contributed by atoms with Gasteiger partial charge in [-0.25, -0.2) is 0 Å². The molecule has 1 aromatic carbocycles. The predicted molar refractivity (Wildman–Crippen MR) is 82.3 cm³/mol. The summed E-state index contributed by atoms with van der Waals surface area (Å²) in [6.07, 6.45) is 11.8. The number of benzene rings is 1. The van der Waals surface area contributed by atoms with E-state index >= 15 is 0 Å². The van der Waals surface area contributed by atoms with Crippen molar-refractivity contribution >= 4 is 0 Å². The summed E-state index contributed by atoms with van der Waals surface area (Å²) in [5.74, 6) is 4.00. The maximum atomic E-state index is 2.35. The predicted octanol–water partition coefficient (Wildman–Crippen LogP) is 5.79. The normalized spacial score (nSPS) is 34.8. The molecular formula is C19H28. The van der Waals surface area contributed by atoms with Gasteiger partial charge in [-0.15, -0.1) is 0 Å². The first kappa shape index (κ1) is 13.2. The average molecular weight is 256 g/mol. The van der Waals surface area contributed by atoms with Crippen molar-refractivity contribution in [2.45, 2.75) is 64.2 Å². The summed E-state index contributed by atoms with van der Waals surface area (Å²) >= 11 is 0. The summed E-state index contributed by atoms with van der Waals surface area (Å²) in [5, 5.41) is 0. The zero-order valence-electron chi connectivity index (χ0n) is 12.4. The van der Waals surface area contributed by atoms with Crippen molar-refractivity contribution in [2.75, 3.05) is 0 Å². The maximum Gasteiger partial charge on any atom is -0.0159 e. The third-order valence-electron chi connectivity index (χ3n) is 5.69. The molecular weight excluding hydrogens is 228 g/mol. The van der Waals surface area contributed by atoms with Crippen LogP contribution >= 0.6 is 0 Å². The minimum atomic E-state index is 0.852. The molecule has 0 bridgehead atoms. The molecule has 0 heteroatoms. The Labute approximate surface area is 118 Å². The van der Waals surface area contributed by atoms with E-state index in [0.717, 1.165) is 23.7 Å². The highest BCUT2D eigenvalue weighted by atomic mass is 14.4. The molecule has 0 N–H and O–H groups in total. The SMILES string of the molecule is CCC[C@H]1CC[C@@H]2C[C@H](c3ccccc3)CC[C@H]2C1. The lowest BCUT2D eigenvalue weighted by molar-refractivity contribution is 0.114.